The quantitative estimate of drug-likeness (QED) is 0.724. The number of fused-ring (bicyclic) bond motifs is 1. The molecule has 1 unspecified atom stereocenters. The van der Waals surface area contributed by atoms with Crippen LogP contribution in [0.15, 0.2) is 30.5 Å². The fraction of sp³-hybridized carbons (Fsp3) is 0.308. The monoisotopic (exact) mass is 217 g/mol. The van der Waals surface area contributed by atoms with E-state index in [2.05, 4.69) is 18.2 Å². The minimum Gasteiger partial charge on any atom is -0.467 e. The Morgan fingerprint density at radius 2 is 2.12 bits per heavy atom. The number of rotatable bonds is 2. The molecule has 0 N–H and O–H groups in total. The van der Waals surface area contributed by atoms with E-state index in [-0.39, 0.29) is 12.0 Å². The van der Waals surface area contributed by atoms with Crippen LogP contribution in [0.1, 0.15) is 18.5 Å². The summed E-state index contributed by atoms with van der Waals surface area (Å²) in [5, 5.41) is 1.14. The van der Waals surface area contributed by atoms with Crippen LogP contribution in [0, 0.1) is 6.92 Å². The van der Waals surface area contributed by atoms with Gasteiger partial charge in [-0.1, -0.05) is 12.1 Å². The molecule has 3 heteroatoms. The van der Waals surface area contributed by atoms with E-state index in [0.29, 0.717) is 0 Å². The second kappa shape index (κ2) is 4.00. The number of aryl methyl sites for hydroxylation is 1. The molecule has 1 atom stereocenters. The molecule has 3 nitrogen and oxygen atoms in total. The maximum absolute atomic E-state index is 11.5. The Labute approximate surface area is 94.6 Å². The third-order valence-corrected chi connectivity index (χ3v) is 2.84. The molecule has 2 rings (SSSR count). The number of hydrogen-bond donors (Lipinski definition) is 0. The highest BCUT2D eigenvalue weighted by Gasteiger charge is 2.16. The molecule has 0 bridgehead atoms. The number of hydrogen-bond acceptors (Lipinski definition) is 2. The van der Waals surface area contributed by atoms with Crippen molar-refractivity contribution in [2.24, 2.45) is 0 Å². The van der Waals surface area contributed by atoms with Crippen LogP contribution in [0.3, 0.4) is 0 Å². The number of nitrogens with zero attached hydrogens (tertiary/aromatic N) is 1. The van der Waals surface area contributed by atoms with E-state index in [1.54, 1.807) is 0 Å². The predicted octanol–water partition coefficient (Wildman–Crippen LogP) is 2.68. The van der Waals surface area contributed by atoms with Gasteiger partial charge in [0, 0.05) is 11.7 Å². The Morgan fingerprint density at radius 3 is 2.81 bits per heavy atom. The zero-order valence-corrected chi connectivity index (χ0v) is 9.73. The van der Waals surface area contributed by atoms with Gasteiger partial charge in [0.25, 0.3) is 0 Å². The largest absolute Gasteiger partial charge is 0.467 e. The Hall–Kier alpha value is -1.77. The van der Waals surface area contributed by atoms with Crippen molar-refractivity contribution < 1.29 is 9.53 Å². The predicted molar refractivity (Wildman–Crippen MR) is 63.4 cm³/mol. The first-order valence-electron chi connectivity index (χ1n) is 5.28. The third-order valence-electron chi connectivity index (χ3n) is 2.84. The summed E-state index contributed by atoms with van der Waals surface area (Å²) in [4.78, 5) is 11.5. The van der Waals surface area contributed by atoms with Crippen LogP contribution in [0.25, 0.3) is 10.9 Å². The molecule has 1 aromatic carbocycles. The normalized spacial score (nSPS) is 12.7. The van der Waals surface area contributed by atoms with Gasteiger partial charge in [-0.2, -0.15) is 0 Å². The van der Waals surface area contributed by atoms with Crippen LogP contribution in [0.4, 0.5) is 0 Å². The fourth-order valence-corrected chi connectivity index (χ4v) is 1.88. The summed E-state index contributed by atoms with van der Waals surface area (Å²) < 4.78 is 6.69. The lowest BCUT2D eigenvalue weighted by atomic mass is 10.2. The first kappa shape index (κ1) is 10.7. The smallest absolute Gasteiger partial charge is 0.328 e. The zero-order valence-electron chi connectivity index (χ0n) is 9.73. The van der Waals surface area contributed by atoms with Crippen LogP contribution < -0.4 is 0 Å². The van der Waals surface area contributed by atoms with Gasteiger partial charge >= 0.3 is 5.97 Å². The van der Waals surface area contributed by atoms with Crippen molar-refractivity contribution in [3.63, 3.8) is 0 Å². The summed E-state index contributed by atoms with van der Waals surface area (Å²) in [7, 11) is 1.41. The van der Waals surface area contributed by atoms with Crippen molar-refractivity contribution >= 4 is 16.9 Å². The highest BCUT2D eigenvalue weighted by Crippen LogP contribution is 2.21. The summed E-state index contributed by atoms with van der Waals surface area (Å²) in [6.45, 7) is 3.88. The van der Waals surface area contributed by atoms with Crippen LogP contribution in [-0.2, 0) is 9.53 Å². The van der Waals surface area contributed by atoms with Gasteiger partial charge in [0.05, 0.1) is 7.11 Å². The van der Waals surface area contributed by atoms with Crippen LogP contribution in [-0.4, -0.2) is 17.6 Å². The molecule has 0 aliphatic carbocycles. The van der Waals surface area contributed by atoms with E-state index in [1.807, 2.05) is 30.7 Å². The molecule has 84 valence electrons. The Kier molecular flexibility index (Phi) is 2.69. The second-order valence-electron chi connectivity index (χ2n) is 3.98. The molecule has 2 aromatic rings. The van der Waals surface area contributed by atoms with Gasteiger partial charge in [-0.15, -0.1) is 0 Å². The molecule has 0 saturated carbocycles. The van der Waals surface area contributed by atoms with Crippen molar-refractivity contribution in [2.45, 2.75) is 19.9 Å². The highest BCUT2D eigenvalue weighted by atomic mass is 16.5. The van der Waals surface area contributed by atoms with Crippen LogP contribution in [0.5, 0.6) is 0 Å². The van der Waals surface area contributed by atoms with E-state index in [0.717, 1.165) is 10.9 Å². The van der Waals surface area contributed by atoms with Crippen molar-refractivity contribution in [1.82, 2.24) is 4.57 Å². The SMILES string of the molecule is COC(=O)C(C)n1ccc2ccc(C)cc21. The summed E-state index contributed by atoms with van der Waals surface area (Å²) in [6.07, 6.45) is 1.92. The number of esters is 1. The fourth-order valence-electron chi connectivity index (χ4n) is 1.88. The summed E-state index contributed by atoms with van der Waals surface area (Å²) in [5.41, 5.74) is 2.25. The van der Waals surface area contributed by atoms with Gasteiger partial charge in [-0.3, -0.25) is 0 Å². The minimum atomic E-state index is -0.288. The molecule has 0 radical (unpaired) electrons. The van der Waals surface area contributed by atoms with Crippen molar-refractivity contribution in [1.29, 1.82) is 0 Å². The summed E-state index contributed by atoms with van der Waals surface area (Å²) in [5.74, 6) is -0.223. The van der Waals surface area contributed by atoms with Gasteiger partial charge in [0.15, 0.2) is 0 Å². The molecule has 1 aromatic heterocycles. The summed E-state index contributed by atoms with van der Waals surface area (Å²) >= 11 is 0. The van der Waals surface area contributed by atoms with E-state index < -0.39 is 0 Å². The van der Waals surface area contributed by atoms with E-state index in [4.69, 9.17) is 4.74 Å². The highest BCUT2D eigenvalue weighted by molar-refractivity contribution is 5.83. The van der Waals surface area contributed by atoms with E-state index in [1.165, 1.54) is 12.7 Å². The molecular weight excluding hydrogens is 202 g/mol. The molecule has 0 fully saturated rings. The van der Waals surface area contributed by atoms with Gasteiger partial charge in [0.2, 0.25) is 0 Å². The van der Waals surface area contributed by atoms with Gasteiger partial charge in [0.1, 0.15) is 6.04 Å². The average molecular weight is 217 g/mol. The van der Waals surface area contributed by atoms with Crippen molar-refractivity contribution in [3.05, 3.63) is 36.0 Å². The first-order valence-corrected chi connectivity index (χ1v) is 5.28. The minimum absolute atomic E-state index is 0.223. The number of ether oxygens (including phenoxy) is 1. The molecule has 16 heavy (non-hydrogen) atoms. The second-order valence-corrected chi connectivity index (χ2v) is 3.98. The van der Waals surface area contributed by atoms with Crippen LogP contribution in [0.2, 0.25) is 0 Å². The lowest BCUT2D eigenvalue weighted by Crippen LogP contribution is -2.16. The Morgan fingerprint density at radius 1 is 1.38 bits per heavy atom. The number of methoxy groups -OCH3 is 1. The Bertz CT molecular complexity index is 528. The van der Waals surface area contributed by atoms with Gasteiger partial charge in [-0.25, -0.2) is 4.79 Å². The van der Waals surface area contributed by atoms with Crippen LogP contribution >= 0.6 is 0 Å². The maximum Gasteiger partial charge on any atom is 0.328 e. The summed E-state index contributed by atoms with van der Waals surface area (Å²) in [6, 6.07) is 7.92. The van der Waals surface area contributed by atoms with Crippen molar-refractivity contribution in [2.75, 3.05) is 7.11 Å². The molecule has 0 aliphatic rings. The molecule has 0 amide bonds. The molecule has 0 spiro atoms. The lowest BCUT2D eigenvalue weighted by Gasteiger charge is -2.12. The maximum atomic E-state index is 11.5. The standard InChI is InChI=1S/C13H15NO2/c1-9-4-5-11-6-7-14(12(11)8-9)10(2)13(15)16-3/h4-8,10H,1-3H3. The molecule has 0 aliphatic heterocycles. The van der Waals surface area contributed by atoms with Gasteiger partial charge < -0.3 is 9.30 Å². The topological polar surface area (TPSA) is 31.2 Å². The molecular formula is C13H15NO2. The van der Waals surface area contributed by atoms with E-state index in [9.17, 15) is 4.79 Å². The molecule has 0 saturated heterocycles. The zero-order chi connectivity index (χ0) is 11.7. The number of carbonyl (C=O) groups is 1. The van der Waals surface area contributed by atoms with E-state index >= 15 is 0 Å². The molecule has 1 heterocycles. The number of carbonyl (C=O) groups excluding carboxylic acids is 1. The lowest BCUT2D eigenvalue weighted by molar-refractivity contribution is -0.143. The Balaban J connectivity index is 2.52. The number of aromatic nitrogens is 1. The average Bonchev–Trinajstić information content (AvgIpc) is 2.69. The first-order chi connectivity index (χ1) is 7.63. The number of benzene rings is 1. The van der Waals surface area contributed by atoms with Crippen molar-refractivity contribution in [3.8, 4) is 0 Å². The third kappa shape index (κ3) is 1.69. The van der Waals surface area contributed by atoms with Gasteiger partial charge in [-0.05, 0) is 36.9 Å².